The van der Waals surface area contributed by atoms with Gasteiger partial charge in [-0.15, -0.1) is 0 Å². The number of likely N-dealkylation sites (tertiary alicyclic amines) is 1. The molecule has 2 saturated heterocycles. The zero-order chi connectivity index (χ0) is 14.5. The number of carbonyl (C=O) groups is 2. The molecule has 0 aliphatic carbocycles. The molecular weight excluding hydrogens is 254 g/mol. The average molecular weight is 281 g/mol. The van der Waals surface area contributed by atoms with Gasteiger partial charge in [-0.2, -0.15) is 0 Å². The van der Waals surface area contributed by atoms with Crippen LogP contribution in [-0.2, 0) is 9.59 Å². The van der Waals surface area contributed by atoms with Crippen LogP contribution in [0.15, 0.2) is 0 Å². The third kappa shape index (κ3) is 3.14. The van der Waals surface area contributed by atoms with E-state index in [1.54, 1.807) is 0 Å². The van der Waals surface area contributed by atoms with Crippen LogP contribution in [0.25, 0.3) is 0 Å². The van der Waals surface area contributed by atoms with Crippen molar-refractivity contribution in [3.8, 4) is 0 Å². The molecule has 2 aliphatic rings. The number of amides is 2. The molecule has 5 heteroatoms. The van der Waals surface area contributed by atoms with Gasteiger partial charge in [0, 0.05) is 38.6 Å². The van der Waals surface area contributed by atoms with Gasteiger partial charge in [-0.25, -0.2) is 0 Å². The molecule has 2 fully saturated rings. The number of carbonyl (C=O) groups excluding carboxylic acids is 2. The van der Waals surface area contributed by atoms with E-state index in [0.29, 0.717) is 0 Å². The van der Waals surface area contributed by atoms with Gasteiger partial charge in [-0.3, -0.25) is 9.59 Å². The van der Waals surface area contributed by atoms with E-state index in [-0.39, 0.29) is 23.8 Å². The lowest BCUT2D eigenvalue weighted by atomic mass is 10.0. The Morgan fingerprint density at radius 3 is 2.40 bits per heavy atom. The maximum Gasteiger partial charge on any atom is 0.245 e. The first kappa shape index (κ1) is 15.3. The van der Waals surface area contributed by atoms with Gasteiger partial charge in [0.1, 0.15) is 6.04 Å². The first-order valence-electron chi connectivity index (χ1n) is 7.99. The third-order valence-corrected chi connectivity index (χ3v) is 4.58. The maximum atomic E-state index is 12.6. The maximum absolute atomic E-state index is 12.6. The quantitative estimate of drug-likeness (QED) is 0.831. The van der Waals surface area contributed by atoms with Crippen LogP contribution in [-0.4, -0.2) is 60.4 Å². The van der Waals surface area contributed by atoms with Crippen LogP contribution in [0.1, 0.15) is 39.5 Å². The fraction of sp³-hybridized carbons (Fsp3) is 0.867. The average Bonchev–Trinajstić information content (AvgIpc) is 2.98. The third-order valence-electron chi connectivity index (χ3n) is 4.58. The number of hydrogen-bond donors (Lipinski definition) is 1. The molecule has 5 nitrogen and oxygen atoms in total. The molecule has 0 aromatic carbocycles. The molecule has 0 spiro atoms. The number of piperazine rings is 1. The zero-order valence-electron chi connectivity index (χ0n) is 12.7. The minimum atomic E-state index is -0.207. The van der Waals surface area contributed by atoms with E-state index < -0.39 is 0 Å². The summed E-state index contributed by atoms with van der Waals surface area (Å²) in [6, 6.07) is -0.207. The van der Waals surface area contributed by atoms with Gasteiger partial charge < -0.3 is 15.1 Å². The smallest absolute Gasteiger partial charge is 0.245 e. The van der Waals surface area contributed by atoms with Crippen LogP contribution in [0, 0.1) is 5.92 Å². The van der Waals surface area contributed by atoms with Crippen LogP contribution in [0.5, 0.6) is 0 Å². The summed E-state index contributed by atoms with van der Waals surface area (Å²) in [7, 11) is 0. The highest BCUT2D eigenvalue weighted by molar-refractivity contribution is 5.89. The molecule has 0 saturated carbocycles. The Kier molecular flexibility index (Phi) is 5.40. The summed E-state index contributed by atoms with van der Waals surface area (Å²) < 4.78 is 0. The molecule has 0 aromatic rings. The van der Waals surface area contributed by atoms with Crippen molar-refractivity contribution < 1.29 is 9.59 Å². The van der Waals surface area contributed by atoms with Crippen LogP contribution in [0.4, 0.5) is 0 Å². The molecule has 2 amide bonds. The van der Waals surface area contributed by atoms with E-state index in [9.17, 15) is 9.59 Å². The van der Waals surface area contributed by atoms with E-state index in [1.165, 1.54) is 0 Å². The van der Waals surface area contributed by atoms with Crippen molar-refractivity contribution in [3.63, 3.8) is 0 Å². The predicted molar refractivity (Wildman–Crippen MR) is 78.3 cm³/mol. The Bertz CT molecular complexity index is 349. The highest BCUT2D eigenvalue weighted by Gasteiger charge is 2.38. The van der Waals surface area contributed by atoms with E-state index in [1.807, 2.05) is 9.80 Å². The van der Waals surface area contributed by atoms with Crippen LogP contribution < -0.4 is 5.32 Å². The van der Waals surface area contributed by atoms with Crippen molar-refractivity contribution in [3.05, 3.63) is 0 Å². The van der Waals surface area contributed by atoms with Crippen molar-refractivity contribution in [2.45, 2.75) is 45.6 Å². The normalized spacial score (nSPS) is 23.4. The van der Waals surface area contributed by atoms with Crippen molar-refractivity contribution in [2.75, 3.05) is 32.7 Å². The molecular formula is C15H27N3O2. The second-order valence-electron chi connectivity index (χ2n) is 5.78. The van der Waals surface area contributed by atoms with Crippen molar-refractivity contribution in [1.29, 1.82) is 0 Å². The van der Waals surface area contributed by atoms with E-state index >= 15 is 0 Å². The second kappa shape index (κ2) is 7.07. The Morgan fingerprint density at radius 1 is 1.15 bits per heavy atom. The van der Waals surface area contributed by atoms with Crippen LogP contribution in [0.3, 0.4) is 0 Å². The largest absolute Gasteiger partial charge is 0.338 e. The summed E-state index contributed by atoms with van der Waals surface area (Å²) in [5.74, 6) is 0.413. The topological polar surface area (TPSA) is 52.7 Å². The Morgan fingerprint density at radius 2 is 1.80 bits per heavy atom. The van der Waals surface area contributed by atoms with Crippen LogP contribution in [0.2, 0.25) is 0 Å². The molecule has 0 bridgehead atoms. The molecule has 2 aliphatic heterocycles. The minimum Gasteiger partial charge on any atom is -0.338 e. The highest BCUT2D eigenvalue weighted by Crippen LogP contribution is 2.24. The molecule has 0 radical (unpaired) electrons. The fourth-order valence-electron chi connectivity index (χ4n) is 3.26. The van der Waals surface area contributed by atoms with Gasteiger partial charge in [0.2, 0.25) is 11.8 Å². The van der Waals surface area contributed by atoms with Gasteiger partial charge in [0.15, 0.2) is 0 Å². The van der Waals surface area contributed by atoms with E-state index in [4.69, 9.17) is 0 Å². The Balaban J connectivity index is 2.02. The van der Waals surface area contributed by atoms with Gasteiger partial charge in [-0.1, -0.05) is 13.8 Å². The molecule has 20 heavy (non-hydrogen) atoms. The standard InChI is InChI=1S/C15H27N3O2/c1-3-12(4-2)14(19)18-9-5-6-13(18)15(20)17-10-7-16-8-11-17/h12-13,16H,3-11H2,1-2H3. The summed E-state index contributed by atoms with van der Waals surface area (Å²) in [4.78, 5) is 28.9. The van der Waals surface area contributed by atoms with Gasteiger partial charge in [-0.05, 0) is 25.7 Å². The molecule has 2 heterocycles. The lowest BCUT2D eigenvalue weighted by molar-refractivity contribution is -0.146. The lowest BCUT2D eigenvalue weighted by Crippen LogP contribution is -2.54. The summed E-state index contributed by atoms with van der Waals surface area (Å²) in [5, 5.41) is 3.26. The summed E-state index contributed by atoms with van der Waals surface area (Å²) in [5.41, 5.74) is 0. The van der Waals surface area contributed by atoms with Gasteiger partial charge in [0.05, 0.1) is 0 Å². The first-order valence-corrected chi connectivity index (χ1v) is 7.99. The Hall–Kier alpha value is -1.10. The Labute approximate surface area is 121 Å². The predicted octanol–water partition coefficient (Wildman–Crippen LogP) is 0.845. The van der Waals surface area contributed by atoms with Crippen molar-refractivity contribution in [2.24, 2.45) is 5.92 Å². The second-order valence-corrected chi connectivity index (χ2v) is 5.78. The molecule has 114 valence electrons. The molecule has 1 N–H and O–H groups in total. The number of hydrogen-bond acceptors (Lipinski definition) is 3. The van der Waals surface area contributed by atoms with Crippen molar-refractivity contribution in [1.82, 2.24) is 15.1 Å². The summed E-state index contributed by atoms with van der Waals surface area (Å²) >= 11 is 0. The molecule has 1 atom stereocenters. The number of nitrogens with one attached hydrogen (secondary N) is 1. The highest BCUT2D eigenvalue weighted by atomic mass is 16.2. The zero-order valence-corrected chi connectivity index (χ0v) is 12.7. The lowest BCUT2D eigenvalue weighted by Gasteiger charge is -2.34. The van der Waals surface area contributed by atoms with Crippen molar-refractivity contribution >= 4 is 11.8 Å². The minimum absolute atomic E-state index is 0.0754. The van der Waals surface area contributed by atoms with Crippen LogP contribution >= 0.6 is 0 Å². The van der Waals surface area contributed by atoms with E-state index in [2.05, 4.69) is 19.2 Å². The molecule has 1 unspecified atom stereocenters. The number of nitrogens with zero attached hydrogens (tertiary/aromatic N) is 2. The monoisotopic (exact) mass is 281 g/mol. The first-order chi connectivity index (χ1) is 9.69. The summed E-state index contributed by atoms with van der Waals surface area (Å²) in [6.07, 6.45) is 3.50. The molecule has 0 aromatic heterocycles. The summed E-state index contributed by atoms with van der Waals surface area (Å²) in [6.45, 7) is 8.10. The SMILES string of the molecule is CCC(CC)C(=O)N1CCCC1C(=O)N1CCNCC1. The number of rotatable bonds is 4. The van der Waals surface area contributed by atoms with Gasteiger partial charge >= 0.3 is 0 Å². The molecule has 2 rings (SSSR count). The fourth-order valence-corrected chi connectivity index (χ4v) is 3.26. The van der Waals surface area contributed by atoms with Gasteiger partial charge in [0.25, 0.3) is 0 Å². The van der Waals surface area contributed by atoms with E-state index in [0.717, 1.165) is 58.4 Å².